The predicted molar refractivity (Wildman–Crippen MR) is 99.5 cm³/mol. The van der Waals surface area contributed by atoms with Crippen molar-refractivity contribution in [2.24, 2.45) is 0 Å². The van der Waals surface area contributed by atoms with Crippen LogP contribution < -0.4 is 5.32 Å². The first-order valence-corrected chi connectivity index (χ1v) is 8.64. The molecule has 0 saturated heterocycles. The molecular formula is C19H16N2O3S. The fourth-order valence-corrected chi connectivity index (χ4v) is 3.02. The molecule has 1 N–H and O–H groups in total. The summed E-state index contributed by atoms with van der Waals surface area (Å²) in [6.45, 7) is 1.97. The minimum atomic E-state index is -0.548. The molecule has 126 valence electrons. The standard InChI is InChI=1S/C19H16N2O3S/c1-2-24-18(23)10-9-17(22)21-19-20-16(12-25-19)15-8-7-13-5-3-4-6-14(13)11-15/h3-12H,2H2,1H3,(H,20,21,22). The normalized spacial score (nSPS) is 10.9. The summed E-state index contributed by atoms with van der Waals surface area (Å²) in [5, 5.41) is 7.30. The number of esters is 1. The van der Waals surface area contributed by atoms with Crippen molar-refractivity contribution in [1.82, 2.24) is 4.98 Å². The molecule has 1 heterocycles. The number of fused-ring (bicyclic) bond motifs is 1. The third kappa shape index (κ3) is 4.30. The van der Waals surface area contributed by atoms with Crippen LogP contribution >= 0.6 is 11.3 Å². The first-order chi connectivity index (χ1) is 12.2. The van der Waals surface area contributed by atoms with Crippen LogP contribution in [0.2, 0.25) is 0 Å². The molecule has 3 rings (SSSR count). The first-order valence-electron chi connectivity index (χ1n) is 7.76. The molecule has 6 heteroatoms. The van der Waals surface area contributed by atoms with Crippen LogP contribution in [0.25, 0.3) is 22.0 Å². The Hall–Kier alpha value is -2.99. The van der Waals surface area contributed by atoms with E-state index in [4.69, 9.17) is 4.74 Å². The zero-order chi connectivity index (χ0) is 17.6. The molecule has 0 fully saturated rings. The summed E-state index contributed by atoms with van der Waals surface area (Å²) in [5.74, 6) is -0.971. The van der Waals surface area contributed by atoms with Gasteiger partial charge >= 0.3 is 5.97 Å². The van der Waals surface area contributed by atoms with Crippen molar-refractivity contribution in [3.63, 3.8) is 0 Å². The highest BCUT2D eigenvalue weighted by atomic mass is 32.1. The highest BCUT2D eigenvalue weighted by molar-refractivity contribution is 7.14. The number of hydrogen-bond donors (Lipinski definition) is 1. The first kappa shape index (κ1) is 16.9. The number of nitrogens with zero attached hydrogens (tertiary/aromatic N) is 1. The van der Waals surface area contributed by atoms with Gasteiger partial charge in [0.05, 0.1) is 12.3 Å². The van der Waals surface area contributed by atoms with E-state index in [2.05, 4.69) is 22.4 Å². The number of carbonyl (C=O) groups excluding carboxylic acids is 2. The van der Waals surface area contributed by atoms with Gasteiger partial charge in [0.2, 0.25) is 5.91 Å². The van der Waals surface area contributed by atoms with Crippen LogP contribution in [0, 0.1) is 0 Å². The molecule has 1 amide bonds. The van der Waals surface area contributed by atoms with Gasteiger partial charge in [-0.15, -0.1) is 11.3 Å². The van der Waals surface area contributed by atoms with Crippen molar-refractivity contribution in [2.45, 2.75) is 6.92 Å². The molecule has 0 aliphatic carbocycles. The lowest BCUT2D eigenvalue weighted by Crippen LogP contribution is -2.09. The largest absolute Gasteiger partial charge is 0.463 e. The SMILES string of the molecule is CCOC(=O)C=CC(=O)Nc1nc(-c2ccc3ccccc3c2)cs1. The third-order valence-electron chi connectivity index (χ3n) is 3.44. The number of benzene rings is 2. The molecule has 5 nitrogen and oxygen atoms in total. The third-order valence-corrected chi connectivity index (χ3v) is 4.19. The average Bonchev–Trinajstić information content (AvgIpc) is 3.08. The summed E-state index contributed by atoms with van der Waals surface area (Å²) in [4.78, 5) is 27.4. The molecule has 0 aliphatic heterocycles. The predicted octanol–water partition coefficient (Wildman–Crippen LogP) is 4.02. The maximum atomic E-state index is 11.8. The minimum absolute atomic E-state index is 0.270. The van der Waals surface area contributed by atoms with Crippen LogP contribution in [0.1, 0.15) is 6.92 Å². The number of aromatic nitrogens is 1. The van der Waals surface area contributed by atoms with Gasteiger partial charge in [-0.1, -0.05) is 36.4 Å². The van der Waals surface area contributed by atoms with E-state index in [1.807, 2.05) is 35.7 Å². The van der Waals surface area contributed by atoms with Crippen LogP contribution in [0.3, 0.4) is 0 Å². The summed E-state index contributed by atoms with van der Waals surface area (Å²) >= 11 is 1.33. The van der Waals surface area contributed by atoms with Gasteiger partial charge in [0.1, 0.15) is 0 Å². The van der Waals surface area contributed by atoms with Gasteiger partial charge in [-0.05, 0) is 23.8 Å². The molecule has 0 aliphatic rings. The fraction of sp³-hybridized carbons (Fsp3) is 0.105. The molecular weight excluding hydrogens is 336 g/mol. The number of hydrogen-bond acceptors (Lipinski definition) is 5. The van der Waals surface area contributed by atoms with Crippen molar-refractivity contribution in [3.05, 3.63) is 60.0 Å². The highest BCUT2D eigenvalue weighted by Gasteiger charge is 2.07. The number of ether oxygens (including phenoxy) is 1. The number of carbonyl (C=O) groups is 2. The van der Waals surface area contributed by atoms with Gasteiger partial charge < -0.3 is 4.74 Å². The van der Waals surface area contributed by atoms with E-state index < -0.39 is 11.9 Å². The topological polar surface area (TPSA) is 68.3 Å². The zero-order valence-electron chi connectivity index (χ0n) is 13.6. The number of rotatable bonds is 5. The molecule has 0 saturated carbocycles. The Bertz CT molecular complexity index is 947. The van der Waals surface area contributed by atoms with Crippen LogP contribution in [-0.4, -0.2) is 23.5 Å². The highest BCUT2D eigenvalue weighted by Crippen LogP contribution is 2.27. The quantitative estimate of drug-likeness (QED) is 0.556. The van der Waals surface area contributed by atoms with Crippen molar-refractivity contribution >= 4 is 39.1 Å². The lowest BCUT2D eigenvalue weighted by atomic mass is 10.1. The summed E-state index contributed by atoms with van der Waals surface area (Å²) in [7, 11) is 0. The second-order valence-electron chi connectivity index (χ2n) is 5.17. The van der Waals surface area contributed by atoms with Gasteiger partial charge in [0, 0.05) is 23.1 Å². The molecule has 0 bridgehead atoms. The number of anilines is 1. The Kier molecular flexibility index (Phi) is 5.20. The molecule has 1 aromatic heterocycles. The molecule has 0 spiro atoms. The Morgan fingerprint density at radius 1 is 1.16 bits per heavy atom. The Morgan fingerprint density at radius 2 is 1.96 bits per heavy atom. The molecule has 0 radical (unpaired) electrons. The van der Waals surface area contributed by atoms with Gasteiger partial charge in [-0.3, -0.25) is 10.1 Å². The monoisotopic (exact) mass is 352 g/mol. The van der Waals surface area contributed by atoms with Crippen LogP contribution in [0.15, 0.2) is 60.0 Å². The average molecular weight is 352 g/mol. The maximum Gasteiger partial charge on any atom is 0.330 e. The number of nitrogens with one attached hydrogen (secondary N) is 1. The molecule has 0 unspecified atom stereocenters. The fourth-order valence-electron chi connectivity index (χ4n) is 2.29. The maximum absolute atomic E-state index is 11.8. The smallest absolute Gasteiger partial charge is 0.330 e. The zero-order valence-corrected chi connectivity index (χ0v) is 14.4. The van der Waals surface area contributed by atoms with Gasteiger partial charge in [0.15, 0.2) is 5.13 Å². The second kappa shape index (κ2) is 7.72. The van der Waals surface area contributed by atoms with E-state index >= 15 is 0 Å². The van der Waals surface area contributed by atoms with Crippen molar-refractivity contribution < 1.29 is 14.3 Å². The van der Waals surface area contributed by atoms with Crippen molar-refractivity contribution in [2.75, 3.05) is 11.9 Å². The summed E-state index contributed by atoms with van der Waals surface area (Å²) in [5.41, 5.74) is 1.78. The lowest BCUT2D eigenvalue weighted by molar-refractivity contribution is -0.137. The minimum Gasteiger partial charge on any atom is -0.463 e. The van der Waals surface area contributed by atoms with Crippen molar-refractivity contribution in [1.29, 1.82) is 0 Å². The summed E-state index contributed by atoms with van der Waals surface area (Å²) in [6.07, 6.45) is 2.23. The number of thiazole rings is 1. The van der Waals surface area contributed by atoms with E-state index in [0.29, 0.717) is 5.13 Å². The van der Waals surface area contributed by atoms with E-state index in [-0.39, 0.29) is 6.61 Å². The van der Waals surface area contributed by atoms with Crippen LogP contribution in [-0.2, 0) is 14.3 Å². The lowest BCUT2D eigenvalue weighted by Gasteiger charge is -2.01. The van der Waals surface area contributed by atoms with Gasteiger partial charge in [0.25, 0.3) is 0 Å². The molecule has 3 aromatic rings. The summed E-state index contributed by atoms with van der Waals surface area (Å²) < 4.78 is 4.72. The van der Waals surface area contributed by atoms with Gasteiger partial charge in [-0.2, -0.15) is 0 Å². The molecule has 25 heavy (non-hydrogen) atoms. The van der Waals surface area contributed by atoms with E-state index in [1.54, 1.807) is 6.92 Å². The molecule has 0 atom stereocenters. The van der Waals surface area contributed by atoms with Crippen LogP contribution in [0.5, 0.6) is 0 Å². The Labute approximate surface area is 149 Å². The summed E-state index contributed by atoms with van der Waals surface area (Å²) in [6, 6.07) is 14.2. The van der Waals surface area contributed by atoms with E-state index in [0.717, 1.165) is 28.8 Å². The molecule has 2 aromatic carbocycles. The van der Waals surface area contributed by atoms with E-state index in [1.165, 1.54) is 16.7 Å². The Morgan fingerprint density at radius 3 is 2.76 bits per heavy atom. The van der Waals surface area contributed by atoms with E-state index in [9.17, 15) is 9.59 Å². The van der Waals surface area contributed by atoms with Crippen molar-refractivity contribution in [3.8, 4) is 11.3 Å². The Balaban J connectivity index is 1.71. The van der Waals surface area contributed by atoms with Gasteiger partial charge in [-0.25, -0.2) is 9.78 Å². The second-order valence-corrected chi connectivity index (χ2v) is 6.03. The van der Waals surface area contributed by atoms with Crippen LogP contribution in [0.4, 0.5) is 5.13 Å². The number of amides is 1.